The van der Waals surface area contributed by atoms with Crippen LogP contribution in [0.1, 0.15) is 228 Å². The van der Waals surface area contributed by atoms with E-state index in [4.69, 9.17) is 0 Å². The maximum atomic E-state index is 2.63. The van der Waals surface area contributed by atoms with Crippen molar-refractivity contribution < 1.29 is 0 Å². The van der Waals surface area contributed by atoms with Crippen molar-refractivity contribution >= 4 is 113 Å². The van der Waals surface area contributed by atoms with Gasteiger partial charge in [0.1, 0.15) is 0 Å². The van der Waals surface area contributed by atoms with E-state index in [1.807, 2.05) is 68.0 Å². The fourth-order valence-corrected chi connectivity index (χ4v) is 23.8. The molecule has 0 fully saturated rings. The predicted octanol–water partition coefficient (Wildman–Crippen LogP) is 30.0. The van der Waals surface area contributed by atoms with Crippen LogP contribution in [0.15, 0.2) is 97.1 Å². The van der Waals surface area contributed by atoms with Crippen molar-refractivity contribution in [3.8, 4) is 87.8 Å². The molecule has 10 heterocycles. The van der Waals surface area contributed by atoms with Gasteiger partial charge in [0.2, 0.25) is 0 Å². The molecule has 0 radical (unpaired) electrons. The van der Waals surface area contributed by atoms with Crippen LogP contribution < -0.4 is 0 Å². The maximum Gasteiger partial charge on any atom is 0.0481 e. The van der Waals surface area contributed by atoms with Crippen LogP contribution in [0.4, 0.5) is 0 Å². The second kappa shape index (κ2) is 34.4. The molecule has 0 aliphatic carbocycles. The van der Waals surface area contributed by atoms with E-state index in [1.54, 1.807) is 22.3 Å². The molecule has 10 aromatic rings. The molecule has 10 heteroatoms. The lowest BCUT2D eigenvalue weighted by molar-refractivity contribution is 0.668. The highest BCUT2D eigenvalue weighted by molar-refractivity contribution is 7.32. The normalized spacial score (nSPS) is 11.8. The van der Waals surface area contributed by atoms with Crippen LogP contribution in [-0.4, -0.2) is 0 Å². The van der Waals surface area contributed by atoms with Crippen LogP contribution in [0.5, 0.6) is 0 Å². The topological polar surface area (TPSA) is 0 Å². The van der Waals surface area contributed by atoms with Gasteiger partial charge in [-0.1, -0.05) is 157 Å². The lowest BCUT2D eigenvalue weighted by Crippen LogP contribution is -1.85. The average Bonchev–Trinajstić information content (AvgIpc) is 3.07. The Morgan fingerprint density at radius 2 is 0.395 bits per heavy atom. The zero-order valence-electron chi connectivity index (χ0n) is 52.5. The minimum absolute atomic E-state index is 1.15. The molecule has 10 aromatic heterocycles. The van der Waals surface area contributed by atoms with Gasteiger partial charge in [0.15, 0.2) is 0 Å². The SMILES string of the molecule is CCCCCCc1ccc(-c2ccc(-c3cc(CCCCCC)c(-c4ccc(-c5sc(-c6cc(CCCCCC)c(-c7ccc(-c8sc(-c9ccc(-c%10ccc(CCCCCC)s%10)s9)cc8CCCCCC)s7)s6)cc5CCCCCC)s4)s3)s2)s1. The first kappa shape index (κ1) is 65.9. The predicted molar refractivity (Wildman–Crippen MR) is 401 cm³/mol. The third kappa shape index (κ3) is 17.7. The van der Waals surface area contributed by atoms with Crippen molar-refractivity contribution in [3.63, 3.8) is 0 Å². The van der Waals surface area contributed by atoms with Gasteiger partial charge in [-0.05, 0) is 196 Å². The van der Waals surface area contributed by atoms with Gasteiger partial charge in [0.05, 0.1) is 0 Å². The van der Waals surface area contributed by atoms with Crippen LogP contribution in [-0.2, 0) is 38.5 Å². The van der Waals surface area contributed by atoms with Gasteiger partial charge in [0.25, 0.3) is 0 Å². The molecule has 0 aliphatic heterocycles. The molecule has 0 unspecified atom stereocenters. The lowest BCUT2D eigenvalue weighted by Gasteiger charge is -2.03. The van der Waals surface area contributed by atoms with Crippen molar-refractivity contribution in [1.29, 1.82) is 0 Å². The van der Waals surface area contributed by atoms with Crippen molar-refractivity contribution in [1.82, 2.24) is 0 Å². The standard InChI is InChI=1S/C76H94S10/c1-7-13-19-25-31-53-49-69(63-43-41-61(79-63)59-39-37-57(77-59)35-29-23-17-11-5)83-73(53)65-45-47-67(81-65)75-55(33-27-21-15-9-3)51-71(85-75)72-52-56(34-28-22-16-10-4)76(86-72)68-48-46-66(82-68)74-54(32-26-20-14-8-2)50-70(84-74)64-44-42-62(80-64)60-40-38-58(78-60)36-30-24-18-12-6/h37-52H,7-36H2,1-6H3. The summed E-state index contributed by atoms with van der Waals surface area (Å²) in [6.45, 7) is 14.0. The molecule has 0 aliphatic rings. The van der Waals surface area contributed by atoms with Crippen molar-refractivity contribution in [2.45, 2.75) is 234 Å². The third-order valence-electron chi connectivity index (χ3n) is 16.8. The summed E-state index contributed by atoms with van der Waals surface area (Å²) in [6.07, 6.45) is 38.2. The van der Waals surface area contributed by atoms with Crippen LogP contribution in [0.3, 0.4) is 0 Å². The molecular formula is C76H94S10. The van der Waals surface area contributed by atoms with Gasteiger partial charge in [-0.3, -0.25) is 0 Å². The Hall–Kier alpha value is -3.00. The van der Waals surface area contributed by atoms with Gasteiger partial charge in [-0.25, -0.2) is 0 Å². The maximum absolute atomic E-state index is 2.63. The van der Waals surface area contributed by atoms with E-state index in [2.05, 4.69) is 184 Å². The molecule has 0 saturated carbocycles. The molecular weight excluding hydrogens is 1230 g/mol. The Labute approximate surface area is 558 Å². The van der Waals surface area contributed by atoms with E-state index >= 15 is 0 Å². The summed E-state index contributed by atoms with van der Waals surface area (Å²) in [4.78, 5) is 29.2. The molecule has 0 atom stereocenters. The zero-order valence-corrected chi connectivity index (χ0v) is 60.7. The highest BCUT2D eigenvalue weighted by Gasteiger charge is 2.24. The summed E-state index contributed by atoms with van der Waals surface area (Å²) in [7, 11) is 0. The first-order chi connectivity index (χ1) is 42.4. The minimum Gasteiger partial charge on any atom is -0.139 e. The van der Waals surface area contributed by atoms with Gasteiger partial charge < -0.3 is 0 Å². The quantitative estimate of drug-likeness (QED) is 0.0337. The summed E-state index contributed by atoms with van der Waals surface area (Å²) >= 11 is 20.4. The minimum atomic E-state index is 1.15. The fourth-order valence-electron chi connectivity index (χ4n) is 11.9. The number of hydrogen-bond donors (Lipinski definition) is 0. The van der Waals surface area contributed by atoms with Crippen LogP contribution in [0, 0.1) is 0 Å². The number of rotatable bonds is 39. The van der Waals surface area contributed by atoms with Crippen molar-refractivity contribution in [2.24, 2.45) is 0 Å². The Morgan fingerprint density at radius 1 is 0.186 bits per heavy atom. The highest BCUT2D eigenvalue weighted by Crippen LogP contribution is 2.53. The fraction of sp³-hybridized carbons (Fsp3) is 0.474. The Bertz CT molecular complexity index is 3330. The van der Waals surface area contributed by atoms with Gasteiger partial charge >= 0.3 is 0 Å². The van der Waals surface area contributed by atoms with Gasteiger partial charge in [-0.15, -0.1) is 113 Å². The number of thiophene rings is 10. The largest absolute Gasteiger partial charge is 0.139 e. The molecule has 458 valence electrons. The molecule has 0 bridgehead atoms. The number of aryl methyl sites for hydroxylation is 6. The summed E-state index contributed by atoms with van der Waals surface area (Å²) in [5, 5.41) is 0. The van der Waals surface area contributed by atoms with Crippen molar-refractivity contribution in [2.75, 3.05) is 0 Å². The summed E-state index contributed by atoms with van der Waals surface area (Å²) in [6, 6.07) is 39.4. The average molecular weight is 1330 g/mol. The highest BCUT2D eigenvalue weighted by atomic mass is 32.1. The lowest BCUT2D eigenvalue weighted by atomic mass is 10.0. The first-order valence-corrected chi connectivity index (χ1v) is 41.6. The first-order valence-electron chi connectivity index (χ1n) is 33.5. The Morgan fingerprint density at radius 3 is 0.674 bits per heavy atom. The van der Waals surface area contributed by atoms with Crippen LogP contribution >= 0.6 is 113 Å². The molecule has 10 rings (SSSR count). The molecule has 0 saturated heterocycles. The molecule has 0 amide bonds. The third-order valence-corrected chi connectivity index (χ3v) is 29.9. The molecule has 0 aromatic carbocycles. The van der Waals surface area contributed by atoms with E-state index in [0.29, 0.717) is 0 Å². The van der Waals surface area contributed by atoms with E-state index in [1.165, 1.54) is 264 Å². The second-order valence-corrected chi connectivity index (χ2v) is 34.8. The smallest absolute Gasteiger partial charge is 0.0481 e. The summed E-state index contributed by atoms with van der Waals surface area (Å²) in [5.74, 6) is 0. The zero-order chi connectivity index (χ0) is 59.5. The van der Waals surface area contributed by atoms with E-state index in [0.717, 1.165) is 25.7 Å². The second-order valence-electron chi connectivity index (χ2n) is 23.9. The van der Waals surface area contributed by atoms with Crippen LogP contribution in [0.2, 0.25) is 0 Å². The Kier molecular flexibility index (Phi) is 26.4. The van der Waals surface area contributed by atoms with Gasteiger partial charge in [0, 0.05) is 97.5 Å². The van der Waals surface area contributed by atoms with Gasteiger partial charge in [-0.2, -0.15) is 0 Å². The Balaban J connectivity index is 0.936. The van der Waals surface area contributed by atoms with Crippen molar-refractivity contribution in [3.05, 3.63) is 129 Å². The molecule has 0 N–H and O–H groups in total. The molecule has 86 heavy (non-hydrogen) atoms. The van der Waals surface area contributed by atoms with E-state index < -0.39 is 0 Å². The van der Waals surface area contributed by atoms with E-state index in [-0.39, 0.29) is 0 Å². The van der Waals surface area contributed by atoms with Crippen LogP contribution in [0.25, 0.3) is 87.8 Å². The monoisotopic (exact) mass is 1330 g/mol. The summed E-state index contributed by atoms with van der Waals surface area (Å²) < 4.78 is 0. The summed E-state index contributed by atoms with van der Waals surface area (Å²) in [5.41, 5.74) is 6.20. The molecule has 0 spiro atoms. The van der Waals surface area contributed by atoms with E-state index in [9.17, 15) is 0 Å². The number of unbranched alkanes of at least 4 members (excludes halogenated alkanes) is 18. The molecule has 0 nitrogen and oxygen atoms in total. The number of hydrogen-bond acceptors (Lipinski definition) is 10.